The zero-order chi connectivity index (χ0) is 13.9. The highest BCUT2D eigenvalue weighted by molar-refractivity contribution is 5.79. The van der Waals surface area contributed by atoms with E-state index in [1.165, 1.54) is 6.42 Å². The minimum atomic E-state index is 0.417. The molecule has 0 aromatic heterocycles. The molecule has 1 N–H and O–H groups in total. The zero-order valence-electron chi connectivity index (χ0n) is 11.6. The molecule has 1 saturated carbocycles. The molecule has 4 heteroatoms. The first-order valence-electron chi connectivity index (χ1n) is 6.86. The molecule has 0 saturated heterocycles. The van der Waals surface area contributed by atoms with E-state index in [-0.39, 0.29) is 0 Å². The van der Waals surface area contributed by atoms with Gasteiger partial charge in [0.2, 0.25) is 0 Å². The van der Waals surface area contributed by atoms with Crippen molar-refractivity contribution >= 4 is 12.3 Å². The maximum Gasteiger partial charge on any atom is 0.293 e. The van der Waals surface area contributed by atoms with Gasteiger partial charge in [-0.3, -0.25) is 9.59 Å². The third-order valence-corrected chi connectivity index (χ3v) is 3.28. The second kappa shape index (κ2) is 9.50. The van der Waals surface area contributed by atoms with Gasteiger partial charge in [-0.1, -0.05) is 18.2 Å². The van der Waals surface area contributed by atoms with E-state index in [2.05, 4.69) is 22.2 Å². The van der Waals surface area contributed by atoms with E-state index in [0.29, 0.717) is 24.9 Å². The highest BCUT2D eigenvalue weighted by Crippen LogP contribution is 2.13. The van der Waals surface area contributed by atoms with E-state index in [1.54, 1.807) is 0 Å². The lowest BCUT2D eigenvalue weighted by atomic mass is 9.95. The highest BCUT2D eigenvalue weighted by atomic mass is 16.5. The fourth-order valence-corrected chi connectivity index (χ4v) is 2.18. The number of carbonyl (C=O) groups excluding carboxylic acids is 2. The van der Waals surface area contributed by atoms with E-state index in [0.717, 1.165) is 37.7 Å². The number of Topliss-reactive ketones (excluding diaryl/α,β-unsaturated/α-hetero) is 1. The molecule has 0 heterocycles. The molecule has 106 valence electrons. The van der Waals surface area contributed by atoms with Crippen LogP contribution >= 0.6 is 0 Å². The number of allylic oxidation sites excluding steroid dienone is 2. The lowest BCUT2D eigenvalue weighted by molar-refractivity contribution is -0.127. The van der Waals surface area contributed by atoms with Crippen LogP contribution in [0.2, 0.25) is 0 Å². The summed E-state index contributed by atoms with van der Waals surface area (Å²) in [5, 5.41) is 3.11. The molecule has 4 nitrogen and oxygen atoms in total. The van der Waals surface area contributed by atoms with Gasteiger partial charge in [0.15, 0.2) is 0 Å². The van der Waals surface area contributed by atoms with Gasteiger partial charge in [0, 0.05) is 18.9 Å². The summed E-state index contributed by atoms with van der Waals surface area (Å²) in [6.07, 6.45) is 12.1. The Morgan fingerprint density at radius 3 is 2.84 bits per heavy atom. The van der Waals surface area contributed by atoms with E-state index >= 15 is 0 Å². The van der Waals surface area contributed by atoms with E-state index in [4.69, 9.17) is 0 Å². The number of rotatable bonds is 4. The number of ketones is 1. The van der Waals surface area contributed by atoms with Crippen molar-refractivity contribution in [1.29, 1.82) is 0 Å². The summed E-state index contributed by atoms with van der Waals surface area (Å²) < 4.78 is 4.57. The van der Waals surface area contributed by atoms with Gasteiger partial charge in [-0.25, -0.2) is 0 Å². The molecule has 19 heavy (non-hydrogen) atoms. The molecule has 0 aromatic carbocycles. The molecule has 2 rings (SSSR count). The molecular formula is C15H23NO3. The van der Waals surface area contributed by atoms with Gasteiger partial charge in [0.25, 0.3) is 6.47 Å². The van der Waals surface area contributed by atoms with E-state index < -0.39 is 0 Å². The van der Waals surface area contributed by atoms with Gasteiger partial charge in [0.05, 0.1) is 0 Å². The topological polar surface area (TPSA) is 55.4 Å². The first-order chi connectivity index (χ1) is 9.26. The van der Waals surface area contributed by atoms with Gasteiger partial charge >= 0.3 is 0 Å². The van der Waals surface area contributed by atoms with Crippen LogP contribution in [-0.2, 0) is 14.3 Å². The zero-order valence-corrected chi connectivity index (χ0v) is 11.6. The fraction of sp³-hybridized carbons (Fsp3) is 0.600. The van der Waals surface area contributed by atoms with Crippen LogP contribution in [0.3, 0.4) is 0 Å². The van der Waals surface area contributed by atoms with Gasteiger partial charge in [-0.05, 0) is 38.3 Å². The van der Waals surface area contributed by atoms with Gasteiger partial charge in [-0.15, -0.1) is 0 Å². The van der Waals surface area contributed by atoms with Crippen LogP contribution in [0, 0.1) is 0 Å². The van der Waals surface area contributed by atoms with Crippen LogP contribution in [0.1, 0.15) is 38.5 Å². The molecule has 1 unspecified atom stereocenters. The van der Waals surface area contributed by atoms with Gasteiger partial charge in [-0.2, -0.15) is 0 Å². The van der Waals surface area contributed by atoms with Crippen LogP contribution in [0.25, 0.3) is 0 Å². The smallest absolute Gasteiger partial charge is 0.293 e. The van der Waals surface area contributed by atoms with Crippen LogP contribution in [0.4, 0.5) is 0 Å². The lowest BCUT2D eigenvalue weighted by Crippen LogP contribution is -2.31. The molecule has 2 aliphatic carbocycles. The Hall–Kier alpha value is -1.42. The quantitative estimate of drug-likeness (QED) is 0.791. The van der Waals surface area contributed by atoms with Crippen molar-refractivity contribution in [2.24, 2.45) is 0 Å². The monoisotopic (exact) mass is 265 g/mol. The Morgan fingerprint density at radius 1 is 1.47 bits per heavy atom. The van der Waals surface area contributed by atoms with Crippen molar-refractivity contribution in [3.63, 3.8) is 0 Å². The lowest BCUT2D eigenvalue weighted by Gasteiger charge is -2.19. The van der Waals surface area contributed by atoms with Crippen molar-refractivity contribution in [2.45, 2.75) is 44.6 Å². The maximum atomic E-state index is 10.8. The molecule has 0 bridgehead atoms. The summed E-state index contributed by atoms with van der Waals surface area (Å²) in [5.41, 5.74) is 1.10. The summed E-state index contributed by atoms with van der Waals surface area (Å²) in [6, 6.07) is 0.464. The largest absolute Gasteiger partial charge is 0.463 e. The molecule has 0 amide bonds. The summed E-state index contributed by atoms with van der Waals surface area (Å²) >= 11 is 0. The third kappa shape index (κ3) is 6.91. The van der Waals surface area contributed by atoms with Crippen LogP contribution in [0.15, 0.2) is 23.8 Å². The summed E-state index contributed by atoms with van der Waals surface area (Å²) in [7, 11) is 1.92. The number of hydrogen-bond donors (Lipinski definition) is 1. The number of hydrogen-bond acceptors (Lipinski definition) is 4. The highest BCUT2D eigenvalue weighted by Gasteiger charge is 2.16. The van der Waals surface area contributed by atoms with E-state index in [1.807, 2.05) is 13.1 Å². The molecule has 0 spiro atoms. The molecule has 0 aromatic rings. The Labute approximate surface area is 114 Å². The summed E-state index contributed by atoms with van der Waals surface area (Å²) in [6.45, 7) is 0.892. The first kappa shape index (κ1) is 15.6. The molecule has 1 atom stereocenters. The predicted octanol–water partition coefficient (Wildman–Crippen LogP) is 2.15. The van der Waals surface area contributed by atoms with Crippen molar-refractivity contribution in [2.75, 3.05) is 13.7 Å². The fourth-order valence-electron chi connectivity index (χ4n) is 2.18. The number of carbonyl (C=O) groups is 2. The maximum absolute atomic E-state index is 10.8. The summed E-state index contributed by atoms with van der Waals surface area (Å²) in [4.78, 5) is 20.6. The average molecular weight is 265 g/mol. The molecule has 2 aliphatic rings. The second-order valence-corrected chi connectivity index (χ2v) is 4.79. The van der Waals surface area contributed by atoms with Gasteiger partial charge in [0.1, 0.15) is 12.4 Å². The Bertz CT molecular complexity index is 347. The standard InChI is InChI=1S/C8H10O2.C7H13NO/c9-7-10-6-8-4-2-1-3-5-8;1-8-6-3-2-4-7(9)5-6/h2,4-5,7H,1,3,6H2;6,8H,2-5H2,1H3. The minimum Gasteiger partial charge on any atom is -0.463 e. The first-order valence-corrected chi connectivity index (χ1v) is 6.86. The second-order valence-electron chi connectivity index (χ2n) is 4.79. The number of nitrogens with one attached hydrogen (secondary N) is 1. The van der Waals surface area contributed by atoms with Crippen molar-refractivity contribution in [1.82, 2.24) is 5.32 Å². The minimum absolute atomic E-state index is 0.417. The SMILES string of the molecule is CNC1CCCC(=O)C1.O=COCC1=CCCC=C1. The Kier molecular flexibility index (Phi) is 7.82. The van der Waals surface area contributed by atoms with Crippen LogP contribution in [0.5, 0.6) is 0 Å². The third-order valence-electron chi connectivity index (χ3n) is 3.28. The van der Waals surface area contributed by atoms with Crippen molar-refractivity contribution < 1.29 is 14.3 Å². The average Bonchev–Trinajstić information content (AvgIpc) is 2.47. The Balaban J connectivity index is 0.000000191. The normalized spacial score (nSPS) is 22.1. The molecule has 0 aliphatic heterocycles. The molecular weight excluding hydrogens is 242 g/mol. The van der Waals surface area contributed by atoms with Gasteiger partial charge < -0.3 is 10.1 Å². The van der Waals surface area contributed by atoms with Crippen molar-refractivity contribution in [3.05, 3.63) is 23.8 Å². The van der Waals surface area contributed by atoms with Crippen LogP contribution < -0.4 is 5.32 Å². The number of ether oxygens (including phenoxy) is 1. The van der Waals surface area contributed by atoms with Crippen LogP contribution in [-0.4, -0.2) is 32.0 Å². The van der Waals surface area contributed by atoms with E-state index in [9.17, 15) is 9.59 Å². The summed E-state index contributed by atoms with van der Waals surface area (Å²) in [5.74, 6) is 0.417. The Morgan fingerprint density at radius 2 is 2.32 bits per heavy atom. The van der Waals surface area contributed by atoms with Crippen molar-refractivity contribution in [3.8, 4) is 0 Å². The predicted molar refractivity (Wildman–Crippen MR) is 74.8 cm³/mol. The molecule has 1 fully saturated rings. The molecule has 0 radical (unpaired) electrons.